The Morgan fingerprint density at radius 3 is 2.68 bits per heavy atom. The fraction of sp³-hybridized carbons (Fsp3) is 0.333. The average molecular weight is 275 g/mol. The van der Waals surface area contributed by atoms with Gasteiger partial charge in [-0.25, -0.2) is 0 Å². The van der Waals surface area contributed by atoms with E-state index in [1.807, 2.05) is 18.2 Å². The molecule has 0 radical (unpaired) electrons. The second kappa shape index (κ2) is 5.31. The fourth-order valence-corrected chi connectivity index (χ4v) is 3.59. The predicted molar refractivity (Wildman–Crippen MR) is 75.2 cm³/mol. The van der Waals surface area contributed by atoms with E-state index < -0.39 is 10.8 Å². The Hall–Kier alpha value is -1.39. The molecule has 0 spiro atoms. The molecule has 0 fully saturated rings. The summed E-state index contributed by atoms with van der Waals surface area (Å²) in [6.07, 6.45) is 3.47. The molecule has 100 valence electrons. The first-order valence-corrected chi connectivity index (χ1v) is 7.86. The van der Waals surface area contributed by atoms with Crippen molar-refractivity contribution in [3.8, 4) is 0 Å². The third kappa shape index (κ3) is 2.65. The lowest BCUT2D eigenvalue weighted by Crippen LogP contribution is -1.97. The van der Waals surface area contributed by atoms with Crippen LogP contribution in [0, 0.1) is 0 Å². The van der Waals surface area contributed by atoms with Crippen LogP contribution in [0.1, 0.15) is 29.1 Å². The Balaban J connectivity index is 1.76. The lowest BCUT2D eigenvalue weighted by molar-refractivity contribution is 0.481. The van der Waals surface area contributed by atoms with Gasteiger partial charge in [0.15, 0.2) is 0 Å². The maximum Gasteiger partial charge on any atom is 0.117 e. The number of nitrogens with two attached hydrogens (primary N) is 1. The van der Waals surface area contributed by atoms with Gasteiger partial charge >= 0.3 is 0 Å². The van der Waals surface area contributed by atoms with E-state index >= 15 is 0 Å². The van der Waals surface area contributed by atoms with Gasteiger partial charge in [-0.1, -0.05) is 6.07 Å². The van der Waals surface area contributed by atoms with Crippen LogP contribution in [0.2, 0.25) is 0 Å². The fourth-order valence-electron chi connectivity index (χ4n) is 2.51. The summed E-state index contributed by atoms with van der Waals surface area (Å²) in [6, 6.07) is 9.88. The predicted octanol–water partition coefficient (Wildman–Crippen LogP) is 2.53. The van der Waals surface area contributed by atoms with Crippen molar-refractivity contribution in [2.24, 2.45) is 5.73 Å². The zero-order chi connectivity index (χ0) is 13.2. The van der Waals surface area contributed by atoms with Crippen molar-refractivity contribution in [1.29, 1.82) is 0 Å². The molecular weight excluding hydrogens is 258 g/mol. The summed E-state index contributed by atoms with van der Waals surface area (Å²) >= 11 is 0. The minimum atomic E-state index is -1.05. The van der Waals surface area contributed by atoms with E-state index in [4.69, 9.17) is 10.2 Å². The van der Waals surface area contributed by atoms with Gasteiger partial charge in [-0.2, -0.15) is 0 Å². The average Bonchev–Trinajstić information content (AvgIpc) is 3.05. The van der Waals surface area contributed by atoms with Gasteiger partial charge in [-0.05, 0) is 54.7 Å². The molecule has 1 unspecified atom stereocenters. The standard InChI is InChI=1S/C15H17NO2S/c16-9-13-5-6-14(18-13)10-19(17)15-7-4-11-2-1-3-12(11)8-15/h4-8H,1-3,9-10,16H2. The Bertz CT molecular complexity index is 618. The first-order valence-electron chi connectivity index (χ1n) is 6.54. The Morgan fingerprint density at radius 1 is 1.11 bits per heavy atom. The monoisotopic (exact) mass is 275 g/mol. The molecule has 1 aromatic carbocycles. The largest absolute Gasteiger partial charge is 0.464 e. The number of furan rings is 1. The summed E-state index contributed by atoms with van der Waals surface area (Å²) in [7, 11) is -1.05. The molecule has 19 heavy (non-hydrogen) atoms. The Labute approximate surface area is 115 Å². The summed E-state index contributed by atoms with van der Waals surface area (Å²) in [5.74, 6) is 1.89. The quantitative estimate of drug-likeness (QED) is 0.933. The zero-order valence-electron chi connectivity index (χ0n) is 10.7. The van der Waals surface area contributed by atoms with Crippen LogP contribution in [0.15, 0.2) is 39.6 Å². The summed E-state index contributed by atoms with van der Waals surface area (Å²) in [5.41, 5.74) is 8.26. The van der Waals surface area contributed by atoms with E-state index in [2.05, 4.69) is 12.1 Å². The van der Waals surface area contributed by atoms with E-state index in [0.717, 1.165) is 29.3 Å². The number of hydrogen-bond acceptors (Lipinski definition) is 3. The lowest BCUT2D eigenvalue weighted by atomic mass is 10.1. The van der Waals surface area contributed by atoms with Gasteiger partial charge in [-0.15, -0.1) is 0 Å². The maximum atomic E-state index is 12.3. The van der Waals surface area contributed by atoms with E-state index in [1.165, 1.54) is 17.5 Å². The van der Waals surface area contributed by atoms with Crippen molar-refractivity contribution in [3.63, 3.8) is 0 Å². The molecule has 0 bridgehead atoms. The topological polar surface area (TPSA) is 56.2 Å². The molecule has 1 aromatic heterocycles. The van der Waals surface area contributed by atoms with Crippen LogP contribution < -0.4 is 5.73 Å². The van der Waals surface area contributed by atoms with E-state index in [9.17, 15) is 4.21 Å². The van der Waals surface area contributed by atoms with Crippen LogP contribution >= 0.6 is 0 Å². The second-order valence-electron chi connectivity index (χ2n) is 4.85. The molecule has 1 heterocycles. The molecule has 0 saturated carbocycles. The molecule has 2 N–H and O–H groups in total. The zero-order valence-corrected chi connectivity index (χ0v) is 11.5. The summed E-state index contributed by atoms with van der Waals surface area (Å²) < 4.78 is 17.8. The molecule has 3 nitrogen and oxygen atoms in total. The third-order valence-corrected chi connectivity index (χ3v) is 4.85. The van der Waals surface area contributed by atoms with Crippen molar-refractivity contribution in [2.75, 3.05) is 0 Å². The molecule has 1 atom stereocenters. The Morgan fingerprint density at radius 2 is 1.89 bits per heavy atom. The van der Waals surface area contributed by atoms with Gasteiger partial charge in [0.25, 0.3) is 0 Å². The summed E-state index contributed by atoms with van der Waals surface area (Å²) in [4.78, 5) is 0.895. The number of hydrogen-bond donors (Lipinski definition) is 1. The molecule has 0 amide bonds. The molecule has 1 aliphatic carbocycles. The van der Waals surface area contributed by atoms with Crippen molar-refractivity contribution >= 4 is 10.8 Å². The molecule has 1 aliphatic rings. The van der Waals surface area contributed by atoms with Gasteiger partial charge in [0.05, 0.1) is 23.1 Å². The second-order valence-corrected chi connectivity index (χ2v) is 6.30. The van der Waals surface area contributed by atoms with Gasteiger partial charge in [0.1, 0.15) is 11.5 Å². The summed E-state index contributed by atoms with van der Waals surface area (Å²) in [5, 5.41) is 0. The molecule has 0 aliphatic heterocycles. The van der Waals surface area contributed by atoms with E-state index in [-0.39, 0.29) is 0 Å². The van der Waals surface area contributed by atoms with Crippen molar-refractivity contribution in [2.45, 2.75) is 36.5 Å². The number of rotatable bonds is 4. The maximum absolute atomic E-state index is 12.3. The molecular formula is C15H17NO2S. The molecule has 4 heteroatoms. The highest BCUT2D eigenvalue weighted by atomic mass is 32.2. The smallest absolute Gasteiger partial charge is 0.117 e. The normalized spacial score (nSPS) is 15.4. The van der Waals surface area contributed by atoms with Gasteiger partial charge < -0.3 is 10.2 Å². The lowest BCUT2D eigenvalue weighted by Gasteiger charge is -2.04. The number of aryl methyl sites for hydroxylation is 2. The van der Waals surface area contributed by atoms with Crippen LogP contribution in [0.25, 0.3) is 0 Å². The number of fused-ring (bicyclic) bond motifs is 1. The van der Waals surface area contributed by atoms with E-state index in [0.29, 0.717) is 12.3 Å². The van der Waals surface area contributed by atoms with Gasteiger partial charge in [0.2, 0.25) is 0 Å². The third-order valence-electron chi connectivity index (χ3n) is 3.52. The summed E-state index contributed by atoms with van der Waals surface area (Å²) in [6.45, 7) is 0.380. The highest BCUT2D eigenvalue weighted by Gasteiger charge is 2.14. The minimum absolute atomic E-state index is 0.380. The molecule has 3 rings (SSSR count). The Kier molecular flexibility index (Phi) is 3.53. The van der Waals surface area contributed by atoms with Crippen molar-refractivity contribution in [1.82, 2.24) is 0 Å². The molecule has 2 aromatic rings. The van der Waals surface area contributed by atoms with Gasteiger partial charge in [-0.3, -0.25) is 4.21 Å². The van der Waals surface area contributed by atoms with Crippen LogP contribution in [0.4, 0.5) is 0 Å². The molecule has 0 saturated heterocycles. The first kappa shape index (κ1) is 12.6. The van der Waals surface area contributed by atoms with Crippen LogP contribution in [0.3, 0.4) is 0 Å². The number of benzene rings is 1. The van der Waals surface area contributed by atoms with Gasteiger partial charge in [0, 0.05) is 4.90 Å². The van der Waals surface area contributed by atoms with E-state index in [1.54, 1.807) is 0 Å². The SMILES string of the molecule is NCc1ccc(CS(=O)c2ccc3c(c2)CCC3)o1. The van der Waals surface area contributed by atoms with Crippen LogP contribution in [-0.2, 0) is 35.9 Å². The highest BCUT2D eigenvalue weighted by molar-refractivity contribution is 7.84. The van der Waals surface area contributed by atoms with Crippen LogP contribution in [0.5, 0.6) is 0 Å². The van der Waals surface area contributed by atoms with Crippen molar-refractivity contribution < 1.29 is 8.63 Å². The minimum Gasteiger partial charge on any atom is -0.464 e. The first-order chi connectivity index (χ1) is 9.26. The van der Waals surface area contributed by atoms with Crippen molar-refractivity contribution in [3.05, 3.63) is 53.0 Å². The highest BCUT2D eigenvalue weighted by Crippen LogP contribution is 2.25. The van der Waals surface area contributed by atoms with Crippen LogP contribution in [-0.4, -0.2) is 4.21 Å².